The summed E-state index contributed by atoms with van der Waals surface area (Å²) in [4.78, 5) is 5.65. The first-order chi connectivity index (χ1) is 22.6. The normalized spacial score (nSPS) is 12.0. The number of aromatic hydroxyl groups is 2. The first kappa shape index (κ1) is 32.1. The molecule has 0 spiro atoms. The molecule has 0 atom stereocenters. The van der Waals surface area contributed by atoms with Crippen LogP contribution in [0.15, 0.2) is 83.0 Å². The molecular formula is C36H38N6O4. The van der Waals surface area contributed by atoms with Crippen molar-refractivity contribution in [3.05, 3.63) is 138 Å². The zero-order valence-electron chi connectivity index (χ0n) is 25.8. The van der Waals surface area contributed by atoms with E-state index in [0.717, 1.165) is 81.7 Å². The maximum absolute atomic E-state index is 11.5. The van der Waals surface area contributed by atoms with E-state index in [1.54, 1.807) is 0 Å². The number of fused-ring (bicyclic) bond motifs is 8. The summed E-state index contributed by atoms with van der Waals surface area (Å²) in [6, 6.07) is 23.7. The Kier molecular flexibility index (Phi) is 11.3. The van der Waals surface area contributed by atoms with E-state index in [1.807, 2.05) is 72.8 Å². The molecular weight excluding hydrogens is 580 g/mol. The number of benzene rings is 4. The van der Waals surface area contributed by atoms with Crippen molar-refractivity contribution in [2.24, 2.45) is 10.2 Å². The van der Waals surface area contributed by atoms with E-state index in [9.17, 15) is 10.2 Å². The van der Waals surface area contributed by atoms with Crippen molar-refractivity contribution in [1.82, 2.24) is 0 Å². The molecule has 8 bridgehead atoms. The Morgan fingerprint density at radius 1 is 0.500 bits per heavy atom. The van der Waals surface area contributed by atoms with Gasteiger partial charge in [-0.2, -0.15) is 0 Å². The summed E-state index contributed by atoms with van der Waals surface area (Å²) >= 11 is 0. The minimum absolute atomic E-state index is 0.244. The molecule has 0 unspecified atom stereocenters. The fraction of sp³-hybridized carbons (Fsp3) is 0.333. The molecule has 4 aromatic carbocycles. The molecule has 0 amide bonds. The SMILES string of the molecule is [N-]=[N+]=NCCCCOc1c2cccc1Cc1cccc(c1O)Cc1cccc(c1OCCCCN=[N+]=[N-])Cc1cccc(c1O)C2. The predicted octanol–water partition coefficient (Wildman–Crippen LogP) is 8.71. The van der Waals surface area contributed by atoms with Crippen LogP contribution in [-0.4, -0.2) is 36.5 Å². The van der Waals surface area contributed by atoms with E-state index in [4.69, 9.17) is 20.5 Å². The number of phenols is 2. The molecule has 0 aliphatic heterocycles. The van der Waals surface area contributed by atoms with Gasteiger partial charge in [-0.1, -0.05) is 83.0 Å². The van der Waals surface area contributed by atoms with Crippen molar-refractivity contribution in [1.29, 1.82) is 0 Å². The summed E-state index contributed by atoms with van der Waals surface area (Å²) in [5, 5.41) is 30.3. The second-order valence-corrected chi connectivity index (χ2v) is 11.4. The summed E-state index contributed by atoms with van der Waals surface area (Å²) in [7, 11) is 0. The average molecular weight is 619 g/mol. The third-order valence-electron chi connectivity index (χ3n) is 8.21. The number of ether oxygens (including phenoxy) is 2. The summed E-state index contributed by atoms with van der Waals surface area (Å²) in [6.45, 7) is 1.74. The lowest BCUT2D eigenvalue weighted by molar-refractivity contribution is 0.302. The van der Waals surface area contributed by atoms with Crippen LogP contribution in [0.5, 0.6) is 23.0 Å². The van der Waals surface area contributed by atoms with Gasteiger partial charge in [0, 0.05) is 48.6 Å². The number of nitrogens with zero attached hydrogens (tertiary/aromatic N) is 6. The van der Waals surface area contributed by atoms with Gasteiger partial charge in [0.15, 0.2) is 0 Å². The van der Waals surface area contributed by atoms with Gasteiger partial charge in [0.05, 0.1) is 13.2 Å². The maximum Gasteiger partial charge on any atom is 0.126 e. The van der Waals surface area contributed by atoms with Crippen LogP contribution in [0.1, 0.15) is 70.2 Å². The van der Waals surface area contributed by atoms with Gasteiger partial charge in [0.25, 0.3) is 0 Å². The second-order valence-electron chi connectivity index (χ2n) is 11.4. The third-order valence-corrected chi connectivity index (χ3v) is 8.21. The molecule has 1 aliphatic rings. The minimum atomic E-state index is 0.244. The molecule has 46 heavy (non-hydrogen) atoms. The van der Waals surface area contributed by atoms with Crippen LogP contribution < -0.4 is 9.47 Å². The first-order valence-electron chi connectivity index (χ1n) is 15.7. The number of hydrogen-bond donors (Lipinski definition) is 2. The number of azide groups is 2. The van der Waals surface area contributed by atoms with E-state index < -0.39 is 0 Å². The Morgan fingerprint density at radius 2 is 0.804 bits per heavy atom. The van der Waals surface area contributed by atoms with E-state index in [-0.39, 0.29) is 11.5 Å². The number of unbranched alkanes of at least 4 members (excludes halogenated alkanes) is 2. The molecule has 236 valence electrons. The Hall–Kier alpha value is -5.30. The van der Waals surface area contributed by atoms with Gasteiger partial charge in [0.2, 0.25) is 0 Å². The molecule has 2 N–H and O–H groups in total. The standard InChI is InChI=1S/C36H38N6O4/c37-41-39-17-1-3-19-45-35-29-13-7-14-30(35)22-26-10-6-12-28(34(26)44)24-32-16-8-15-31(36(32)46-20-4-2-18-40-42-38)23-27-11-5-9-25(21-29)33(27)43/h5-16,43-44H,1-4,17-24H2. The molecule has 0 heterocycles. The highest BCUT2D eigenvalue weighted by molar-refractivity contribution is 5.55. The van der Waals surface area contributed by atoms with Crippen molar-refractivity contribution < 1.29 is 19.7 Å². The van der Waals surface area contributed by atoms with Crippen molar-refractivity contribution in [2.75, 3.05) is 26.3 Å². The molecule has 0 aromatic heterocycles. The number of phenolic OH excluding ortho intramolecular Hbond substituents is 2. The Labute approximate surface area is 268 Å². The van der Waals surface area contributed by atoms with Crippen LogP contribution in [-0.2, 0) is 25.7 Å². The highest BCUT2D eigenvalue weighted by atomic mass is 16.5. The topological polar surface area (TPSA) is 156 Å². The lowest BCUT2D eigenvalue weighted by Crippen LogP contribution is -2.07. The molecule has 4 aromatic rings. The van der Waals surface area contributed by atoms with Crippen molar-refractivity contribution in [2.45, 2.75) is 51.4 Å². The van der Waals surface area contributed by atoms with Crippen LogP contribution in [0.4, 0.5) is 0 Å². The summed E-state index contributed by atoms with van der Waals surface area (Å²) in [6.07, 6.45) is 4.73. The minimum Gasteiger partial charge on any atom is -0.507 e. The number of para-hydroxylation sites is 4. The molecule has 0 saturated carbocycles. The Morgan fingerprint density at radius 3 is 1.11 bits per heavy atom. The van der Waals surface area contributed by atoms with Crippen molar-refractivity contribution in [3.63, 3.8) is 0 Å². The van der Waals surface area contributed by atoms with Crippen LogP contribution >= 0.6 is 0 Å². The lowest BCUT2D eigenvalue weighted by atomic mass is 9.91. The third kappa shape index (κ3) is 8.04. The molecule has 10 nitrogen and oxygen atoms in total. The fourth-order valence-electron chi connectivity index (χ4n) is 5.89. The van der Waals surface area contributed by atoms with E-state index in [2.05, 4.69) is 20.1 Å². The molecule has 0 radical (unpaired) electrons. The quantitative estimate of drug-likeness (QED) is 0.0620. The van der Waals surface area contributed by atoms with Gasteiger partial charge >= 0.3 is 0 Å². The average Bonchev–Trinajstić information content (AvgIpc) is 3.05. The van der Waals surface area contributed by atoms with Crippen molar-refractivity contribution >= 4 is 0 Å². The second kappa shape index (κ2) is 16.1. The zero-order valence-corrected chi connectivity index (χ0v) is 25.8. The zero-order chi connectivity index (χ0) is 32.1. The monoisotopic (exact) mass is 618 g/mol. The van der Waals surface area contributed by atoms with Gasteiger partial charge in [-0.15, -0.1) is 0 Å². The van der Waals surface area contributed by atoms with Gasteiger partial charge < -0.3 is 19.7 Å². The molecule has 0 saturated heterocycles. The smallest absolute Gasteiger partial charge is 0.126 e. The largest absolute Gasteiger partial charge is 0.507 e. The fourth-order valence-corrected chi connectivity index (χ4v) is 5.89. The highest BCUT2D eigenvalue weighted by Crippen LogP contribution is 2.38. The highest BCUT2D eigenvalue weighted by Gasteiger charge is 2.20. The number of rotatable bonds is 12. The first-order valence-corrected chi connectivity index (χ1v) is 15.7. The van der Waals surface area contributed by atoms with Crippen LogP contribution in [0.3, 0.4) is 0 Å². The Bertz CT molecular complexity index is 1550. The lowest BCUT2D eigenvalue weighted by Gasteiger charge is -2.20. The van der Waals surface area contributed by atoms with Crippen LogP contribution in [0, 0.1) is 0 Å². The van der Waals surface area contributed by atoms with E-state index in [1.165, 1.54) is 0 Å². The summed E-state index contributed by atoms with van der Waals surface area (Å²) in [5.41, 5.74) is 24.1. The molecule has 0 fully saturated rings. The Balaban J connectivity index is 1.55. The molecule has 5 rings (SSSR count). The van der Waals surface area contributed by atoms with E-state index in [0.29, 0.717) is 52.0 Å². The van der Waals surface area contributed by atoms with Gasteiger partial charge in [0.1, 0.15) is 23.0 Å². The van der Waals surface area contributed by atoms with Crippen molar-refractivity contribution in [3.8, 4) is 23.0 Å². The van der Waals surface area contributed by atoms with Crippen LogP contribution in [0.2, 0.25) is 0 Å². The van der Waals surface area contributed by atoms with Gasteiger partial charge in [-0.05, 0) is 81.3 Å². The summed E-state index contributed by atoms with van der Waals surface area (Å²) < 4.78 is 12.8. The summed E-state index contributed by atoms with van der Waals surface area (Å²) in [5.74, 6) is 1.98. The van der Waals surface area contributed by atoms with E-state index >= 15 is 0 Å². The molecule has 1 aliphatic carbocycles. The van der Waals surface area contributed by atoms with Crippen LogP contribution in [0.25, 0.3) is 20.9 Å². The molecule has 10 heteroatoms. The van der Waals surface area contributed by atoms with Gasteiger partial charge in [-0.3, -0.25) is 0 Å². The number of hydrogen-bond acceptors (Lipinski definition) is 6. The predicted molar refractivity (Wildman–Crippen MR) is 178 cm³/mol. The maximum atomic E-state index is 11.5. The van der Waals surface area contributed by atoms with Gasteiger partial charge in [-0.25, -0.2) is 0 Å².